The highest BCUT2D eigenvalue weighted by atomic mass is 32.2. The first-order valence-corrected chi connectivity index (χ1v) is 12.3. The highest BCUT2D eigenvalue weighted by Gasteiger charge is 2.23. The fourth-order valence-corrected chi connectivity index (χ4v) is 4.01. The van der Waals surface area contributed by atoms with Crippen LogP contribution in [0.2, 0.25) is 0 Å². The van der Waals surface area contributed by atoms with Crippen LogP contribution in [0.1, 0.15) is 18.5 Å². The number of rotatable bonds is 6. The zero-order chi connectivity index (χ0) is 21.1. The molecule has 2 aromatic rings. The number of ether oxygens (including phenoxy) is 1. The number of amides is 2. The van der Waals surface area contributed by atoms with E-state index in [-0.39, 0.29) is 6.03 Å². The maximum Gasteiger partial charge on any atom is 0.319 e. The summed E-state index contributed by atoms with van der Waals surface area (Å²) in [6, 6.07) is 9.42. The van der Waals surface area contributed by atoms with E-state index in [0.29, 0.717) is 42.2 Å². The Bertz CT molecular complexity index is 1010. The lowest BCUT2D eigenvalue weighted by Gasteiger charge is -2.28. The number of morpholine rings is 1. The molecule has 2 fully saturated rings. The Morgan fingerprint density at radius 3 is 2.57 bits per heavy atom. The Labute approximate surface area is 177 Å². The molecule has 2 N–H and O–H groups in total. The Morgan fingerprint density at radius 2 is 1.93 bits per heavy atom. The van der Waals surface area contributed by atoms with Crippen molar-refractivity contribution < 1.29 is 13.7 Å². The van der Waals surface area contributed by atoms with E-state index in [9.17, 15) is 9.00 Å². The van der Waals surface area contributed by atoms with Crippen molar-refractivity contribution in [3.8, 4) is 11.4 Å². The highest BCUT2D eigenvalue weighted by molar-refractivity contribution is 7.98. The second kappa shape index (κ2) is 8.61. The van der Waals surface area contributed by atoms with Crippen LogP contribution < -0.4 is 15.5 Å². The average molecular weight is 430 g/mol. The lowest BCUT2D eigenvalue weighted by Crippen LogP contribution is -2.37. The number of nitrogens with one attached hydrogen (secondary N) is 2. The summed E-state index contributed by atoms with van der Waals surface area (Å²) >= 11 is 0. The minimum Gasteiger partial charge on any atom is -0.378 e. The molecule has 4 rings (SSSR count). The van der Waals surface area contributed by atoms with Gasteiger partial charge in [-0.15, -0.1) is 0 Å². The summed E-state index contributed by atoms with van der Waals surface area (Å²) in [6.07, 6.45) is 3.72. The summed E-state index contributed by atoms with van der Waals surface area (Å²) in [4.78, 5) is 23.4. The minimum absolute atomic E-state index is 0.189. The molecule has 1 aromatic carbocycles. The summed E-state index contributed by atoms with van der Waals surface area (Å²) in [5, 5.41) is 5.74. The average Bonchev–Trinajstić information content (AvgIpc) is 3.51. The topological polar surface area (TPSA) is 96.5 Å². The van der Waals surface area contributed by atoms with Crippen LogP contribution >= 0.6 is 0 Å². The highest BCUT2D eigenvalue weighted by Crippen LogP contribution is 2.24. The molecule has 1 saturated carbocycles. The Kier molecular flexibility index (Phi) is 5.92. The van der Waals surface area contributed by atoms with Crippen molar-refractivity contribution in [2.45, 2.75) is 24.6 Å². The van der Waals surface area contributed by atoms with Gasteiger partial charge in [-0.05, 0) is 52.5 Å². The maximum absolute atomic E-state index is 12.3. The van der Waals surface area contributed by atoms with Gasteiger partial charge in [0.1, 0.15) is 5.82 Å². The predicted octanol–water partition coefficient (Wildman–Crippen LogP) is 2.11. The van der Waals surface area contributed by atoms with Crippen molar-refractivity contribution in [3.63, 3.8) is 0 Å². The second-order valence-corrected chi connectivity index (χ2v) is 10.6. The molecule has 0 spiro atoms. The number of anilines is 2. The van der Waals surface area contributed by atoms with Crippen LogP contribution in [-0.2, 0) is 20.0 Å². The first kappa shape index (κ1) is 20.6. The molecule has 30 heavy (non-hydrogen) atoms. The van der Waals surface area contributed by atoms with Gasteiger partial charge in [0.25, 0.3) is 0 Å². The van der Waals surface area contributed by atoms with E-state index in [4.69, 9.17) is 9.72 Å². The molecular weight excluding hydrogens is 402 g/mol. The number of nitrogens with zero attached hydrogens (tertiary/aromatic N) is 3. The molecule has 8 nitrogen and oxygen atoms in total. The van der Waals surface area contributed by atoms with Crippen molar-refractivity contribution in [1.29, 1.82) is 0 Å². The van der Waals surface area contributed by atoms with Gasteiger partial charge in [-0.25, -0.2) is 14.8 Å². The first-order valence-electron chi connectivity index (χ1n) is 10.0. The van der Waals surface area contributed by atoms with E-state index < -0.39 is 9.52 Å². The lowest BCUT2D eigenvalue weighted by atomic mass is 10.2. The second-order valence-electron chi connectivity index (χ2n) is 7.92. The van der Waals surface area contributed by atoms with Crippen LogP contribution in [0, 0.1) is 0 Å². The number of urea groups is 1. The molecule has 1 aliphatic heterocycles. The van der Waals surface area contributed by atoms with E-state index in [0.717, 1.165) is 37.3 Å². The smallest absolute Gasteiger partial charge is 0.319 e. The van der Waals surface area contributed by atoms with E-state index in [1.165, 1.54) is 0 Å². The van der Waals surface area contributed by atoms with Crippen LogP contribution in [0.15, 0.2) is 30.3 Å². The molecule has 2 heterocycles. The maximum atomic E-state index is 12.3. The summed E-state index contributed by atoms with van der Waals surface area (Å²) in [5.74, 6) is 5.42. The zero-order valence-corrected chi connectivity index (χ0v) is 17.9. The molecule has 160 valence electrons. The SMILES string of the molecule is C=S(C)(=O)Cc1cc(N2CCOCC2)nc(-c2ccc(NC(=O)NC3CC3)cc2)n1. The van der Waals surface area contributed by atoms with Crippen molar-refractivity contribution >= 4 is 32.9 Å². The van der Waals surface area contributed by atoms with Crippen LogP contribution in [-0.4, -0.2) is 64.7 Å². The summed E-state index contributed by atoms with van der Waals surface area (Å²) < 4.78 is 17.7. The Morgan fingerprint density at radius 1 is 1.23 bits per heavy atom. The summed E-state index contributed by atoms with van der Waals surface area (Å²) in [5.41, 5.74) is 2.23. The summed E-state index contributed by atoms with van der Waals surface area (Å²) in [7, 11) is -2.24. The van der Waals surface area contributed by atoms with E-state index in [1.54, 1.807) is 6.26 Å². The molecule has 1 unspecified atom stereocenters. The standard InChI is InChI=1S/C21H27N5O3S/c1-30(2,28)14-18-13-19(26-9-11-29-12-10-26)25-20(22-18)15-3-5-16(6-4-15)23-21(27)24-17-7-8-17/h3-6,13,17H,1,7-12,14H2,2H3,(H2,23,24,27). The third-order valence-corrected chi connectivity index (χ3v) is 5.77. The number of aromatic nitrogens is 2. The first-order chi connectivity index (χ1) is 14.4. The van der Waals surface area contributed by atoms with Gasteiger partial charge in [-0.3, -0.25) is 4.21 Å². The minimum atomic E-state index is -2.24. The van der Waals surface area contributed by atoms with Gasteiger partial charge in [0.2, 0.25) is 0 Å². The van der Waals surface area contributed by atoms with E-state index >= 15 is 0 Å². The van der Waals surface area contributed by atoms with Gasteiger partial charge in [-0.1, -0.05) is 0 Å². The normalized spacial score (nSPS) is 18.5. The quantitative estimate of drug-likeness (QED) is 0.683. The molecular formula is C21H27N5O3S. The van der Waals surface area contributed by atoms with Gasteiger partial charge < -0.3 is 20.3 Å². The summed E-state index contributed by atoms with van der Waals surface area (Å²) in [6.45, 7) is 2.80. The number of benzene rings is 1. The number of carbonyl (C=O) groups excluding carboxylic acids is 1. The van der Waals surface area contributed by atoms with Crippen LogP contribution in [0.4, 0.5) is 16.3 Å². The molecule has 0 bridgehead atoms. The Hall–Kier alpha value is -2.65. The molecule has 1 atom stereocenters. The van der Waals surface area contributed by atoms with Gasteiger partial charge >= 0.3 is 6.03 Å². The van der Waals surface area contributed by atoms with Crippen LogP contribution in [0.5, 0.6) is 0 Å². The number of carbonyl (C=O) groups is 1. The molecule has 0 radical (unpaired) electrons. The monoisotopic (exact) mass is 429 g/mol. The van der Waals surface area contributed by atoms with E-state index in [2.05, 4.69) is 26.4 Å². The molecule has 9 heteroatoms. The van der Waals surface area contributed by atoms with Crippen molar-refractivity contribution in [1.82, 2.24) is 15.3 Å². The van der Waals surface area contributed by atoms with Crippen molar-refractivity contribution in [2.24, 2.45) is 0 Å². The molecule has 2 aliphatic rings. The predicted molar refractivity (Wildman–Crippen MR) is 121 cm³/mol. The number of hydrogen-bond donors (Lipinski definition) is 2. The zero-order valence-electron chi connectivity index (χ0n) is 17.1. The van der Waals surface area contributed by atoms with Crippen LogP contribution in [0.3, 0.4) is 0 Å². The van der Waals surface area contributed by atoms with Gasteiger partial charge in [0.15, 0.2) is 5.82 Å². The fourth-order valence-electron chi connectivity index (χ4n) is 3.24. The van der Waals surface area contributed by atoms with E-state index in [1.807, 2.05) is 30.3 Å². The molecule has 1 saturated heterocycles. The van der Waals surface area contributed by atoms with Gasteiger partial charge in [-0.2, -0.15) is 0 Å². The van der Waals surface area contributed by atoms with Crippen molar-refractivity contribution in [3.05, 3.63) is 36.0 Å². The van der Waals surface area contributed by atoms with Gasteiger partial charge in [0, 0.05) is 42.7 Å². The molecule has 1 aromatic heterocycles. The van der Waals surface area contributed by atoms with Gasteiger partial charge in [0.05, 0.1) is 24.7 Å². The third-order valence-electron chi connectivity index (χ3n) is 4.87. The largest absolute Gasteiger partial charge is 0.378 e. The third kappa shape index (κ3) is 5.70. The fraction of sp³-hybridized carbons (Fsp3) is 0.429. The Balaban J connectivity index is 1.57. The molecule has 2 amide bonds. The van der Waals surface area contributed by atoms with Crippen molar-refractivity contribution in [2.75, 3.05) is 42.8 Å². The van der Waals surface area contributed by atoms with Crippen LogP contribution in [0.25, 0.3) is 11.4 Å². The number of hydrogen-bond acceptors (Lipinski definition) is 6. The lowest BCUT2D eigenvalue weighted by molar-refractivity contribution is 0.122. The molecule has 1 aliphatic carbocycles.